The van der Waals surface area contributed by atoms with Gasteiger partial charge in [0, 0.05) is 23.3 Å². The number of fused-ring (bicyclic) bond motifs is 3. The fraction of sp³-hybridized carbons (Fsp3) is 0.0667. The Bertz CT molecular complexity index is 933. The molecular weight excluding hydrogens is 282 g/mol. The Morgan fingerprint density at radius 1 is 1.05 bits per heavy atom. The van der Waals surface area contributed by atoms with Crippen LogP contribution in [0.3, 0.4) is 0 Å². The number of hydrogen-bond donors (Lipinski definition) is 0. The summed E-state index contributed by atoms with van der Waals surface area (Å²) in [5.74, 6) is 0.663. The van der Waals surface area contributed by atoms with Gasteiger partial charge in [0.05, 0.1) is 5.52 Å². The molecule has 0 aliphatic heterocycles. The summed E-state index contributed by atoms with van der Waals surface area (Å²) in [5.41, 5.74) is 2.65. The highest BCUT2D eigenvalue weighted by Gasteiger charge is 2.13. The molecule has 4 rings (SSSR count). The Labute approximate surface area is 125 Å². The first kappa shape index (κ1) is 12.3. The maximum absolute atomic E-state index is 4.68. The lowest BCUT2D eigenvalue weighted by molar-refractivity contribution is 0.813. The van der Waals surface area contributed by atoms with Crippen molar-refractivity contribution >= 4 is 28.3 Å². The zero-order valence-electron chi connectivity index (χ0n) is 11.3. The van der Waals surface area contributed by atoms with Crippen LogP contribution in [-0.4, -0.2) is 30.8 Å². The Balaban J connectivity index is 2.08. The molecule has 1 aromatic carbocycles. The molecule has 0 N–H and O–H groups in total. The molecule has 0 radical (unpaired) electrons. The minimum absolute atomic E-state index is 0.663. The van der Waals surface area contributed by atoms with Crippen LogP contribution < -0.4 is 0 Å². The number of pyridine rings is 1. The molecular formula is C15H11N5S. The van der Waals surface area contributed by atoms with Gasteiger partial charge >= 0.3 is 0 Å². The predicted molar refractivity (Wildman–Crippen MR) is 83.3 cm³/mol. The average molecular weight is 293 g/mol. The molecule has 0 aliphatic rings. The Hall–Kier alpha value is -2.47. The van der Waals surface area contributed by atoms with E-state index in [0.29, 0.717) is 5.82 Å². The van der Waals surface area contributed by atoms with Crippen molar-refractivity contribution in [3.05, 3.63) is 48.8 Å². The van der Waals surface area contributed by atoms with E-state index in [1.54, 1.807) is 28.7 Å². The third-order valence-corrected chi connectivity index (χ3v) is 3.88. The smallest absolute Gasteiger partial charge is 0.191 e. The summed E-state index contributed by atoms with van der Waals surface area (Å²) in [4.78, 5) is 13.4. The van der Waals surface area contributed by atoms with Crippen LogP contribution in [0.5, 0.6) is 0 Å². The van der Waals surface area contributed by atoms with E-state index in [0.717, 1.165) is 27.3 Å². The highest BCUT2D eigenvalue weighted by Crippen LogP contribution is 2.24. The summed E-state index contributed by atoms with van der Waals surface area (Å²) in [6.07, 6.45) is 5.49. The van der Waals surface area contributed by atoms with E-state index in [1.807, 2.05) is 42.7 Å². The highest BCUT2D eigenvalue weighted by molar-refractivity contribution is 7.98. The maximum atomic E-state index is 4.68. The average Bonchev–Trinajstić information content (AvgIpc) is 3.00. The molecule has 3 aromatic heterocycles. The lowest BCUT2D eigenvalue weighted by Gasteiger charge is -2.02. The van der Waals surface area contributed by atoms with Crippen LogP contribution in [0, 0.1) is 0 Å². The van der Waals surface area contributed by atoms with Gasteiger partial charge < -0.3 is 0 Å². The molecule has 0 unspecified atom stereocenters. The lowest BCUT2D eigenvalue weighted by Crippen LogP contribution is -1.97. The minimum atomic E-state index is 0.663. The van der Waals surface area contributed by atoms with E-state index in [-0.39, 0.29) is 0 Å². The second-order valence-electron chi connectivity index (χ2n) is 4.53. The second kappa shape index (κ2) is 4.82. The quantitative estimate of drug-likeness (QED) is 0.420. The largest absolute Gasteiger partial charge is 0.264 e. The van der Waals surface area contributed by atoms with Crippen molar-refractivity contribution < 1.29 is 0 Å². The third kappa shape index (κ3) is 1.95. The minimum Gasteiger partial charge on any atom is -0.264 e. The summed E-state index contributed by atoms with van der Waals surface area (Å²) < 4.78 is 1.80. The lowest BCUT2D eigenvalue weighted by atomic mass is 10.2. The standard InChI is InChI=1S/C15H11N5S/c1-21-15-17-12-7-3-2-6-11(12)14-18-13(19-20(14)15)10-5-4-8-16-9-10/h2-9H,1H3. The highest BCUT2D eigenvalue weighted by atomic mass is 32.2. The van der Waals surface area contributed by atoms with E-state index >= 15 is 0 Å². The van der Waals surface area contributed by atoms with Crippen molar-refractivity contribution in [3.8, 4) is 11.4 Å². The third-order valence-electron chi connectivity index (χ3n) is 3.25. The summed E-state index contributed by atoms with van der Waals surface area (Å²) in [5, 5.41) is 6.41. The number of rotatable bonds is 2. The van der Waals surface area contributed by atoms with Gasteiger partial charge in [-0.15, -0.1) is 5.10 Å². The molecule has 0 atom stereocenters. The van der Waals surface area contributed by atoms with Crippen LogP contribution in [0.4, 0.5) is 0 Å². The van der Waals surface area contributed by atoms with Crippen molar-refractivity contribution in [2.75, 3.05) is 6.26 Å². The molecule has 0 bridgehead atoms. The topological polar surface area (TPSA) is 56.0 Å². The van der Waals surface area contributed by atoms with Crippen LogP contribution in [0.1, 0.15) is 0 Å². The van der Waals surface area contributed by atoms with E-state index in [9.17, 15) is 0 Å². The maximum Gasteiger partial charge on any atom is 0.191 e. The van der Waals surface area contributed by atoms with Crippen LogP contribution >= 0.6 is 11.8 Å². The zero-order valence-corrected chi connectivity index (χ0v) is 12.1. The SMILES string of the molecule is CSc1nc2ccccc2c2nc(-c3cccnc3)nn12. The van der Waals surface area contributed by atoms with E-state index < -0.39 is 0 Å². The molecule has 0 saturated heterocycles. The van der Waals surface area contributed by atoms with Crippen LogP contribution in [0.25, 0.3) is 27.9 Å². The van der Waals surface area contributed by atoms with Gasteiger partial charge in [-0.3, -0.25) is 4.98 Å². The molecule has 0 aliphatic carbocycles. The van der Waals surface area contributed by atoms with Gasteiger partial charge in [-0.05, 0) is 30.5 Å². The van der Waals surface area contributed by atoms with Crippen molar-refractivity contribution in [1.82, 2.24) is 24.6 Å². The predicted octanol–water partition coefficient (Wildman–Crippen LogP) is 3.06. The first-order chi connectivity index (χ1) is 10.4. The Kier molecular flexibility index (Phi) is 2.82. The number of hydrogen-bond acceptors (Lipinski definition) is 5. The van der Waals surface area contributed by atoms with E-state index in [2.05, 4.69) is 20.1 Å². The molecule has 0 saturated carbocycles. The van der Waals surface area contributed by atoms with E-state index in [1.165, 1.54) is 0 Å². The fourth-order valence-electron chi connectivity index (χ4n) is 2.28. The van der Waals surface area contributed by atoms with Gasteiger partial charge in [0.2, 0.25) is 0 Å². The van der Waals surface area contributed by atoms with Crippen LogP contribution in [0.2, 0.25) is 0 Å². The summed E-state index contributed by atoms with van der Waals surface area (Å²) in [6.45, 7) is 0. The molecule has 21 heavy (non-hydrogen) atoms. The van der Waals surface area contributed by atoms with Gasteiger partial charge in [-0.1, -0.05) is 23.9 Å². The first-order valence-corrected chi connectivity index (χ1v) is 7.69. The first-order valence-electron chi connectivity index (χ1n) is 6.47. The van der Waals surface area contributed by atoms with Gasteiger partial charge in [0.1, 0.15) is 0 Å². The van der Waals surface area contributed by atoms with Crippen molar-refractivity contribution in [3.63, 3.8) is 0 Å². The zero-order chi connectivity index (χ0) is 14.2. The van der Waals surface area contributed by atoms with Crippen molar-refractivity contribution in [1.29, 1.82) is 0 Å². The molecule has 5 nitrogen and oxygen atoms in total. The van der Waals surface area contributed by atoms with Crippen LogP contribution in [-0.2, 0) is 0 Å². The molecule has 0 fully saturated rings. The number of benzene rings is 1. The van der Waals surface area contributed by atoms with Gasteiger partial charge in [0.25, 0.3) is 0 Å². The number of nitrogens with zero attached hydrogens (tertiary/aromatic N) is 5. The normalized spacial score (nSPS) is 11.3. The van der Waals surface area contributed by atoms with Crippen LogP contribution in [0.15, 0.2) is 53.9 Å². The summed E-state index contributed by atoms with van der Waals surface area (Å²) in [7, 11) is 0. The van der Waals surface area contributed by atoms with Crippen molar-refractivity contribution in [2.45, 2.75) is 5.16 Å². The van der Waals surface area contributed by atoms with Gasteiger partial charge in [-0.2, -0.15) is 4.52 Å². The molecule has 3 heterocycles. The monoisotopic (exact) mass is 293 g/mol. The number of aromatic nitrogens is 5. The number of para-hydroxylation sites is 1. The van der Waals surface area contributed by atoms with Gasteiger partial charge in [-0.25, -0.2) is 9.97 Å². The molecule has 4 aromatic rings. The Morgan fingerprint density at radius 3 is 2.76 bits per heavy atom. The molecule has 0 amide bonds. The number of thioether (sulfide) groups is 1. The van der Waals surface area contributed by atoms with Crippen molar-refractivity contribution in [2.24, 2.45) is 0 Å². The summed E-state index contributed by atoms with van der Waals surface area (Å²) in [6, 6.07) is 11.8. The molecule has 0 spiro atoms. The van der Waals surface area contributed by atoms with Gasteiger partial charge in [0.15, 0.2) is 16.6 Å². The fourth-order valence-corrected chi connectivity index (χ4v) is 2.77. The molecule has 102 valence electrons. The van der Waals surface area contributed by atoms with E-state index in [4.69, 9.17) is 0 Å². The Morgan fingerprint density at radius 2 is 1.95 bits per heavy atom. The summed E-state index contributed by atoms with van der Waals surface area (Å²) >= 11 is 1.56. The second-order valence-corrected chi connectivity index (χ2v) is 5.30. The molecule has 6 heteroatoms.